The van der Waals surface area contributed by atoms with E-state index >= 15 is 4.21 Å². The lowest BCUT2D eigenvalue weighted by Crippen LogP contribution is -2.39. The van der Waals surface area contributed by atoms with Crippen LogP contribution in [0.25, 0.3) is 0 Å². The third-order valence-corrected chi connectivity index (χ3v) is 11.9. The summed E-state index contributed by atoms with van der Waals surface area (Å²) in [5, 5.41) is 7.73. The molecule has 0 radical (unpaired) electrons. The molecule has 2 unspecified atom stereocenters. The summed E-state index contributed by atoms with van der Waals surface area (Å²) in [5.74, 6) is 0.626. The van der Waals surface area contributed by atoms with E-state index in [0.717, 1.165) is 48.1 Å². The number of fused-ring (bicyclic) bond motifs is 3. The number of ether oxygens (including phenoxy) is 2. The van der Waals surface area contributed by atoms with Crippen molar-refractivity contribution in [2.24, 2.45) is 4.36 Å². The van der Waals surface area contributed by atoms with E-state index in [-0.39, 0.29) is 17.6 Å². The fourth-order valence-electron chi connectivity index (χ4n) is 7.66. The molecular weight excluding hydrogens is 635 g/mol. The summed E-state index contributed by atoms with van der Waals surface area (Å²) in [6, 6.07) is 31.1. The molecule has 9 nitrogen and oxygen atoms in total. The van der Waals surface area contributed by atoms with Crippen molar-refractivity contribution in [3.05, 3.63) is 142 Å². The zero-order chi connectivity index (χ0) is 33.6. The molecule has 0 saturated heterocycles. The Labute approximate surface area is 287 Å². The molecule has 8 rings (SSSR count). The van der Waals surface area contributed by atoms with Crippen LogP contribution in [0.4, 0.5) is 10.5 Å². The molecule has 0 fully saturated rings. The molecule has 5 aromatic rings. The molecule has 3 atom stereocenters. The van der Waals surface area contributed by atoms with E-state index < -0.39 is 21.5 Å². The molecule has 250 valence electrons. The fourth-order valence-corrected chi connectivity index (χ4v) is 9.51. The van der Waals surface area contributed by atoms with Crippen LogP contribution in [0, 0.1) is 0 Å². The van der Waals surface area contributed by atoms with Gasteiger partial charge in [0.15, 0.2) is 9.92 Å². The highest BCUT2D eigenvalue weighted by atomic mass is 32.2. The highest BCUT2D eigenvalue weighted by molar-refractivity contribution is 7.92. The Morgan fingerprint density at radius 3 is 2.18 bits per heavy atom. The standard InChI is InChI=1S/C39H39N5O4S/c1-26-21-28-22-27-13-12-20-33(27)36(35(26)28)41-38(45)42-49(46,34-23-40-44-24-32(47-2)25-48-37(34)44)43-39(29-14-6-3-7-15-29,30-16-8-4-9-17-30)31-18-10-5-11-19-31/h3-11,14-19,22-23,26,32H,12-13,20-21,24-25H2,1-2H3,(H2,41,42,43,45,46)/t26?,32-,49?/m0/s1. The maximum atomic E-state index is 16.0. The van der Waals surface area contributed by atoms with Crippen LogP contribution < -0.4 is 14.8 Å². The van der Waals surface area contributed by atoms with Crippen molar-refractivity contribution in [2.45, 2.75) is 61.6 Å². The maximum absolute atomic E-state index is 16.0. The van der Waals surface area contributed by atoms with E-state index in [4.69, 9.17) is 13.8 Å². The van der Waals surface area contributed by atoms with E-state index in [1.54, 1.807) is 11.8 Å². The fraction of sp³-hybridized carbons (Fsp3) is 0.282. The number of hydrogen-bond donors (Lipinski definition) is 2. The van der Waals surface area contributed by atoms with E-state index in [0.29, 0.717) is 18.3 Å². The lowest BCUT2D eigenvalue weighted by molar-refractivity contribution is 0.0165. The van der Waals surface area contributed by atoms with Crippen molar-refractivity contribution in [3.63, 3.8) is 0 Å². The van der Waals surface area contributed by atoms with E-state index in [1.165, 1.54) is 28.5 Å². The van der Waals surface area contributed by atoms with Crippen LogP contribution in [-0.2, 0) is 46.0 Å². The van der Waals surface area contributed by atoms with Gasteiger partial charge in [-0.1, -0.05) is 104 Å². The lowest BCUT2D eigenvalue weighted by atomic mass is 9.75. The maximum Gasteiger partial charge on any atom is 0.331 e. The van der Waals surface area contributed by atoms with Crippen LogP contribution in [0.1, 0.15) is 58.2 Å². The van der Waals surface area contributed by atoms with Gasteiger partial charge in [0.25, 0.3) is 0 Å². The Balaban J connectivity index is 1.34. The second-order valence-corrected chi connectivity index (χ2v) is 14.9. The molecule has 2 aliphatic carbocycles. The predicted molar refractivity (Wildman–Crippen MR) is 189 cm³/mol. The van der Waals surface area contributed by atoms with Gasteiger partial charge < -0.3 is 14.8 Å². The second kappa shape index (κ2) is 12.5. The van der Waals surface area contributed by atoms with Gasteiger partial charge in [-0.2, -0.15) is 9.46 Å². The first-order chi connectivity index (χ1) is 23.9. The molecular formula is C39H39N5O4S. The van der Waals surface area contributed by atoms with E-state index in [2.05, 4.69) is 28.1 Å². The predicted octanol–water partition coefficient (Wildman–Crippen LogP) is 6.99. The molecule has 1 aromatic heterocycles. The Morgan fingerprint density at radius 2 is 1.59 bits per heavy atom. The van der Waals surface area contributed by atoms with Crippen molar-refractivity contribution in [1.82, 2.24) is 14.5 Å². The van der Waals surface area contributed by atoms with Gasteiger partial charge in [0.1, 0.15) is 23.1 Å². The minimum Gasteiger partial charge on any atom is -0.474 e. The van der Waals surface area contributed by atoms with Crippen LogP contribution in [-0.4, -0.2) is 39.8 Å². The highest BCUT2D eigenvalue weighted by Gasteiger charge is 2.41. The quantitative estimate of drug-likeness (QED) is 0.173. The number of methoxy groups -OCH3 is 1. The zero-order valence-corrected chi connectivity index (χ0v) is 28.4. The minimum absolute atomic E-state index is 0.198. The summed E-state index contributed by atoms with van der Waals surface area (Å²) < 4.78 is 37.6. The largest absolute Gasteiger partial charge is 0.474 e. The van der Waals surface area contributed by atoms with Gasteiger partial charge in [-0.3, -0.25) is 0 Å². The second-order valence-electron chi connectivity index (χ2n) is 13.1. The molecule has 0 spiro atoms. The summed E-state index contributed by atoms with van der Waals surface area (Å²) in [6.07, 6.45) is 5.21. The average Bonchev–Trinajstić information content (AvgIpc) is 3.79. The summed E-state index contributed by atoms with van der Waals surface area (Å²) in [6.45, 7) is 2.84. The van der Waals surface area contributed by atoms with Crippen LogP contribution in [0.15, 0.2) is 113 Å². The van der Waals surface area contributed by atoms with Gasteiger partial charge in [0, 0.05) is 12.8 Å². The number of carbonyl (C=O) groups is 1. The van der Waals surface area contributed by atoms with Gasteiger partial charge in [0.05, 0.1) is 12.7 Å². The summed E-state index contributed by atoms with van der Waals surface area (Å²) in [7, 11) is -2.21. The molecule has 3 aliphatic rings. The first-order valence-electron chi connectivity index (χ1n) is 16.8. The third kappa shape index (κ3) is 5.39. The molecule has 2 amide bonds. The SMILES string of the molecule is CO[C@@H]1COc2c(S(=O)(=NC(c3ccccc3)(c3ccccc3)c3ccccc3)NC(=O)Nc3c4c(cc5c3C(C)C5)CCC4)cnn2C1. The van der Waals surface area contributed by atoms with Gasteiger partial charge in [-0.05, 0) is 70.5 Å². The number of nitrogens with zero attached hydrogens (tertiary/aromatic N) is 3. The molecule has 49 heavy (non-hydrogen) atoms. The molecule has 0 saturated carbocycles. The summed E-state index contributed by atoms with van der Waals surface area (Å²) >= 11 is 0. The van der Waals surface area contributed by atoms with Crippen molar-refractivity contribution >= 4 is 21.6 Å². The Kier molecular flexibility index (Phi) is 8.00. The number of anilines is 1. The van der Waals surface area contributed by atoms with Crippen molar-refractivity contribution in [3.8, 4) is 5.88 Å². The van der Waals surface area contributed by atoms with Crippen LogP contribution in [0.3, 0.4) is 0 Å². The average molecular weight is 674 g/mol. The highest BCUT2D eigenvalue weighted by Crippen LogP contribution is 2.46. The topological polar surface area (TPSA) is 107 Å². The first kappa shape index (κ1) is 31.3. The monoisotopic (exact) mass is 673 g/mol. The molecule has 2 N–H and O–H groups in total. The van der Waals surface area contributed by atoms with Crippen LogP contribution in [0.2, 0.25) is 0 Å². The number of urea groups is 1. The number of nitrogens with one attached hydrogen (secondary N) is 2. The molecule has 2 heterocycles. The van der Waals surface area contributed by atoms with E-state index in [1.807, 2.05) is 91.0 Å². The Morgan fingerprint density at radius 1 is 0.959 bits per heavy atom. The first-order valence-corrected chi connectivity index (χ1v) is 18.3. The number of aryl methyl sites for hydroxylation is 1. The zero-order valence-electron chi connectivity index (χ0n) is 27.6. The molecule has 0 bridgehead atoms. The Hall–Kier alpha value is -4.93. The number of hydrogen-bond acceptors (Lipinski definition) is 6. The Bertz CT molecular complexity index is 2040. The van der Waals surface area contributed by atoms with E-state index in [9.17, 15) is 4.79 Å². The van der Waals surface area contributed by atoms with Crippen LogP contribution >= 0.6 is 0 Å². The summed E-state index contributed by atoms with van der Waals surface area (Å²) in [5.41, 5.74) is 6.83. The van der Waals surface area contributed by atoms with Crippen LogP contribution in [0.5, 0.6) is 5.88 Å². The van der Waals surface area contributed by atoms with Gasteiger partial charge in [-0.15, -0.1) is 0 Å². The number of benzene rings is 4. The normalized spacial score (nSPS) is 18.9. The van der Waals surface area contributed by atoms with Gasteiger partial charge in [-0.25, -0.2) is 18.4 Å². The smallest absolute Gasteiger partial charge is 0.331 e. The minimum atomic E-state index is -3.83. The number of rotatable bonds is 8. The molecule has 4 aromatic carbocycles. The van der Waals surface area contributed by atoms with Crippen molar-refractivity contribution in [2.75, 3.05) is 19.0 Å². The van der Waals surface area contributed by atoms with Crippen molar-refractivity contribution < 1.29 is 18.5 Å². The number of carbonyl (C=O) groups excluding carboxylic acids is 1. The molecule has 10 heteroatoms. The lowest BCUT2D eigenvalue weighted by Gasteiger charge is -2.34. The number of amides is 2. The van der Waals surface area contributed by atoms with Gasteiger partial charge in [0.2, 0.25) is 5.88 Å². The third-order valence-electron chi connectivity index (χ3n) is 10.0. The summed E-state index contributed by atoms with van der Waals surface area (Å²) in [4.78, 5) is 14.5. The number of aromatic nitrogens is 2. The van der Waals surface area contributed by atoms with Crippen molar-refractivity contribution in [1.29, 1.82) is 0 Å². The molecule has 1 aliphatic heterocycles. The van der Waals surface area contributed by atoms with Gasteiger partial charge >= 0.3 is 6.03 Å².